The van der Waals surface area contributed by atoms with Gasteiger partial charge in [0, 0.05) is 21.3 Å². The number of rotatable bonds is 7. The summed E-state index contributed by atoms with van der Waals surface area (Å²) >= 11 is 23.9. The van der Waals surface area contributed by atoms with Crippen LogP contribution in [0.1, 0.15) is 5.56 Å². The summed E-state index contributed by atoms with van der Waals surface area (Å²) in [4.78, 5) is 36.3. The number of nitrogens with one attached hydrogen (secondary N) is 3. The minimum atomic E-state index is -1.01. The fourth-order valence-electron chi connectivity index (χ4n) is 2.65. The summed E-state index contributed by atoms with van der Waals surface area (Å²) in [6.07, 6.45) is 1.22. The maximum atomic E-state index is 12.3. The van der Waals surface area contributed by atoms with Crippen molar-refractivity contribution in [3.63, 3.8) is 0 Å². The second-order valence-corrected chi connectivity index (χ2v) is 8.44. The van der Waals surface area contributed by atoms with Gasteiger partial charge >= 0.3 is 11.8 Å². The molecule has 0 aliphatic rings. The Morgan fingerprint density at radius 1 is 0.857 bits per heavy atom. The Balaban J connectivity index is 1.59. The van der Waals surface area contributed by atoms with Crippen LogP contribution in [0.5, 0.6) is 5.75 Å². The molecule has 3 aromatic rings. The predicted molar refractivity (Wildman–Crippen MR) is 138 cm³/mol. The van der Waals surface area contributed by atoms with Crippen LogP contribution in [0.2, 0.25) is 20.1 Å². The lowest BCUT2D eigenvalue weighted by Crippen LogP contribution is -2.32. The number of hydrogen-bond donors (Lipinski definition) is 3. The van der Waals surface area contributed by atoms with Crippen LogP contribution < -0.4 is 20.8 Å². The van der Waals surface area contributed by atoms with Crippen molar-refractivity contribution in [2.75, 3.05) is 17.2 Å². The third-order valence-electron chi connectivity index (χ3n) is 4.21. The first-order valence-electron chi connectivity index (χ1n) is 9.79. The van der Waals surface area contributed by atoms with Crippen LogP contribution >= 0.6 is 46.4 Å². The van der Waals surface area contributed by atoms with Crippen LogP contribution in [-0.4, -0.2) is 30.5 Å². The quantitative estimate of drug-likeness (QED) is 0.206. The average molecular weight is 554 g/mol. The fourth-order valence-corrected chi connectivity index (χ4v) is 3.37. The molecule has 3 aromatic carbocycles. The van der Waals surface area contributed by atoms with Crippen molar-refractivity contribution in [3.8, 4) is 5.75 Å². The summed E-state index contributed by atoms with van der Waals surface area (Å²) in [6, 6.07) is 15.7. The zero-order chi connectivity index (χ0) is 25.4. The summed E-state index contributed by atoms with van der Waals surface area (Å²) in [7, 11) is 0. The summed E-state index contributed by atoms with van der Waals surface area (Å²) in [5.74, 6) is -2.19. The topological polar surface area (TPSA) is 109 Å². The van der Waals surface area contributed by atoms with Gasteiger partial charge in [-0.25, -0.2) is 5.43 Å². The molecule has 3 N–H and O–H groups in total. The first-order chi connectivity index (χ1) is 16.7. The van der Waals surface area contributed by atoms with Crippen molar-refractivity contribution in [2.45, 2.75) is 0 Å². The molecule has 0 aliphatic heterocycles. The van der Waals surface area contributed by atoms with Crippen molar-refractivity contribution in [3.05, 3.63) is 86.3 Å². The van der Waals surface area contributed by atoms with E-state index in [2.05, 4.69) is 21.2 Å². The molecule has 0 atom stereocenters. The van der Waals surface area contributed by atoms with Gasteiger partial charge in [-0.1, -0.05) is 58.5 Å². The standard InChI is InChI=1S/C23H16Cl4N4O4/c24-14-3-1-4-16(10-14)29-22(33)23(34)31-28-11-13-9-15(25)7-8-19(13)35-12-20(32)30-18-6-2-5-17(26)21(18)27/h1-11H,12H2,(H,29,33)(H,30,32)(H,31,34)/b28-11-. The van der Waals surface area contributed by atoms with Crippen molar-refractivity contribution >= 4 is 81.7 Å². The Morgan fingerprint density at radius 3 is 2.37 bits per heavy atom. The summed E-state index contributed by atoms with van der Waals surface area (Å²) in [6.45, 7) is -0.361. The number of nitrogens with zero attached hydrogens (tertiary/aromatic N) is 1. The van der Waals surface area contributed by atoms with Crippen molar-refractivity contribution in [1.29, 1.82) is 0 Å². The molecule has 35 heavy (non-hydrogen) atoms. The SMILES string of the molecule is O=C(COc1ccc(Cl)cc1/C=N\NC(=O)C(=O)Nc1cccc(Cl)c1)Nc1cccc(Cl)c1Cl. The molecule has 0 radical (unpaired) electrons. The van der Waals surface area contributed by atoms with Crippen molar-refractivity contribution in [1.82, 2.24) is 5.43 Å². The van der Waals surface area contributed by atoms with E-state index >= 15 is 0 Å². The molecular weight excluding hydrogens is 538 g/mol. The highest BCUT2D eigenvalue weighted by atomic mass is 35.5. The van der Waals surface area contributed by atoms with E-state index in [1.54, 1.807) is 42.5 Å². The van der Waals surface area contributed by atoms with Crippen molar-refractivity contribution in [2.24, 2.45) is 5.10 Å². The van der Waals surface area contributed by atoms with Crippen molar-refractivity contribution < 1.29 is 19.1 Å². The molecule has 180 valence electrons. The first-order valence-corrected chi connectivity index (χ1v) is 11.3. The second kappa shape index (κ2) is 12.4. The first kappa shape index (κ1) is 26.3. The highest BCUT2D eigenvalue weighted by Crippen LogP contribution is 2.29. The minimum Gasteiger partial charge on any atom is -0.483 e. The van der Waals surface area contributed by atoms with E-state index < -0.39 is 17.7 Å². The van der Waals surface area contributed by atoms with E-state index in [1.165, 1.54) is 24.4 Å². The molecule has 8 nitrogen and oxygen atoms in total. The van der Waals surface area contributed by atoms with E-state index in [1.807, 2.05) is 0 Å². The number of benzene rings is 3. The Kier molecular flexibility index (Phi) is 9.33. The smallest absolute Gasteiger partial charge is 0.329 e. The molecule has 0 spiro atoms. The van der Waals surface area contributed by atoms with Crippen LogP contribution in [0, 0.1) is 0 Å². The minimum absolute atomic E-state index is 0.206. The number of carbonyl (C=O) groups is 3. The van der Waals surface area contributed by atoms with Gasteiger partial charge in [-0.3, -0.25) is 14.4 Å². The molecule has 0 aliphatic carbocycles. The highest BCUT2D eigenvalue weighted by molar-refractivity contribution is 6.44. The number of anilines is 2. The molecule has 0 fully saturated rings. The summed E-state index contributed by atoms with van der Waals surface area (Å²) < 4.78 is 5.55. The normalized spacial score (nSPS) is 10.6. The lowest BCUT2D eigenvalue weighted by Gasteiger charge is -2.11. The van der Waals surface area contributed by atoms with Crippen LogP contribution in [0.15, 0.2) is 65.8 Å². The van der Waals surface area contributed by atoms with Crippen LogP contribution in [-0.2, 0) is 14.4 Å². The van der Waals surface area contributed by atoms with Gasteiger partial charge in [0.1, 0.15) is 5.75 Å². The molecule has 0 saturated heterocycles. The third-order valence-corrected chi connectivity index (χ3v) is 5.50. The molecular formula is C23H16Cl4N4O4. The molecule has 0 unspecified atom stereocenters. The fraction of sp³-hybridized carbons (Fsp3) is 0.0435. The van der Waals surface area contributed by atoms with E-state index in [4.69, 9.17) is 51.1 Å². The third kappa shape index (κ3) is 7.87. The Bertz CT molecular complexity index is 1300. The molecule has 3 rings (SSSR count). The zero-order valence-corrected chi connectivity index (χ0v) is 20.7. The number of ether oxygens (including phenoxy) is 1. The number of hydrazone groups is 1. The molecule has 0 saturated carbocycles. The average Bonchev–Trinajstić information content (AvgIpc) is 2.81. The molecule has 3 amide bonds. The zero-order valence-electron chi connectivity index (χ0n) is 17.7. The Labute approximate surface area is 220 Å². The highest BCUT2D eigenvalue weighted by Gasteiger charge is 2.14. The number of amides is 3. The van der Waals surface area contributed by atoms with Gasteiger partial charge in [0.05, 0.1) is 21.9 Å². The van der Waals surface area contributed by atoms with Gasteiger partial charge in [-0.2, -0.15) is 5.10 Å². The number of hydrogen-bond acceptors (Lipinski definition) is 5. The molecule has 0 heterocycles. The lowest BCUT2D eigenvalue weighted by molar-refractivity contribution is -0.136. The maximum Gasteiger partial charge on any atom is 0.329 e. The Morgan fingerprint density at radius 2 is 1.60 bits per heavy atom. The van der Waals surface area contributed by atoms with E-state index in [9.17, 15) is 14.4 Å². The maximum absolute atomic E-state index is 12.3. The summed E-state index contributed by atoms with van der Waals surface area (Å²) in [5, 5.41) is 10.0. The van der Waals surface area contributed by atoms with Crippen LogP contribution in [0.4, 0.5) is 11.4 Å². The summed E-state index contributed by atoms with van der Waals surface area (Å²) in [5.41, 5.74) is 3.14. The van der Waals surface area contributed by atoms with Gasteiger partial charge in [0.2, 0.25) is 0 Å². The van der Waals surface area contributed by atoms with Gasteiger partial charge < -0.3 is 15.4 Å². The van der Waals surface area contributed by atoms with Crippen LogP contribution in [0.25, 0.3) is 0 Å². The van der Waals surface area contributed by atoms with Gasteiger partial charge in [-0.05, 0) is 48.5 Å². The largest absolute Gasteiger partial charge is 0.483 e. The molecule has 0 aromatic heterocycles. The molecule has 12 heteroatoms. The van der Waals surface area contributed by atoms with Gasteiger partial charge in [0.15, 0.2) is 6.61 Å². The second-order valence-electron chi connectivity index (χ2n) is 6.78. The monoisotopic (exact) mass is 552 g/mol. The van der Waals surface area contributed by atoms with Gasteiger partial charge in [-0.15, -0.1) is 0 Å². The van der Waals surface area contributed by atoms with E-state index in [-0.39, 0.29) is 17.4 Å². The Hall–Kier alpha value is -3.30. The number of carbonyl (C=O) groups excluding carboxylic acids is 3. The van der Waals surface area contributed by atoms with Gasteiger partial charge in [0.25, 0.3) is 5.91 Å². The molecule has 0 bridgehead atoms. The van der Waals surface area contributed by atoms with Crippen LogP contribution in [0.3, 0.4) is 0 Å². The van der Waals surface area contributed by atoms with E-state index in [0.717, 1.165) is 0 Å². The predicted octanol–water partition coefficient (Wildman–Crippen LogP) is 5.41. The number of halogens is 4. The lowest BCUT2D eigenvalue weighted by atomic mass is 10.2. The van der Waals surface area contributed by atoms with E-state index in [0.29, 0.717) is 32.0 Å².